The first-order valence-electron chi connectivity index (χ1n) is 5.58. The molecule has 0 aliphatic rings. The van der Waals surface area contributed by atoms with Gasteiger partial charge in [-0.15, -0.1) is 0 Å². The molecule has 0 bridgehead atoms. The fourth-order valence-corrected chi connectivity index (χ4v) is 1.61. The van der Waals surface area contributed by atoms with Crippen molar-refractivity contribution in [3.63, 3.8) is 0 Å². The van der Waals surface area contributed by atoms with Gasteiger partial charge in [-0.2, -0.15) is 0 Å². The lowest BCUT2D eigenvalue weighted by Gasteiger charge is -2.21. The highest BCUT2D eigenvalue weighted by Crippen LogP contribution is 2.11. The summed E-state index contributed by atoms with van der Waals surface area (Å²) in [6.07, 6.45) is 1.57. The first kappa shape index (κ1) is 14.9. The van der Waals surface area contributed by atoms with Crippen molar-refractivity contribution < 1.29 is 9.90 Å². The number of carbonyl (C=O) groups is 1. The summed E-state index contributed by atoms with van der Waals surface area (Å²) >= 11 is 3.24. The van der Waals surface area contributed by atoms with Crippen molar-refractivity contribution >= 4 is 21.8 Å². The fraction of sp³-hybridized carbons (Fsp3) is 0.500. The van der Waals surface area contributed by atoms with Gasteiger partial charge in [-0.25, -0.2) is 0 Å². The lowest BCUT2D eigenvalue weighted by molar-refractivity contribution is -0.122. The molecule has 0 aliphatic carbocycles. The number of nitrogens with one attached hydrogen (secondary N) is 1. The van der Waals surface area contributed by atoms with Gasteiger partial charge in [0.05, 0.1) is 0 Å². The van der Waals surface area contributed by atoms with Crippen LogP contribution in [0.1, 0.15) is 13.8 Å². The minimum absolute atomic E-state index is 0.00981. The molecule has 0 atom stereocenters. The quantitative estimate of drug-likeness (QED) is 0.842. The summed E-state index contributed by atoms with van der Waals surface area (Å²) in [7, 11) is 0. The number of aromatic nitrogens is 1. The van der Waals surface area contributed by atoms with Crippen LogP contribution in [0.15, 0.2) is 27.6 Å². The molecule has 100 valence electrons. The van der Waals surface area contributed by atoms with Gasteiger partial charge in [-0.3, -0.25) is 9.59 Å². The predicted octanol–water partition coefficient (Wildman–Crippen LogP) is 0.745. The zero-order valence-corrected chi connectivity index (χ0v) is 12.0. The molecule has 1 amide bonds. The Morgan fingerprint density at radius 2 is 2.17 bits per heavy atom. The molecule has 0 aromatic carbocycles. The molecular weight excluding hydrogens is 300 g/mol. The van der Waals surface area contributed by atoms with Crippen molar-refractivity contribution in [2.45, 2.75) is 20.4 Å². The van der Waals surface area contributed by atoms with Gasteiger partial charge in [0.1, 0.15) is 6.54 Å². The van der Waals surface area contributed by atoms with Crippen LogP contribution in [0.5, 0.6) is 0 Å². The number of nitrogens with zero attached hydrogens (tertiary/aromatic N) is 1. The molecule has 0 unspecified atom stereocenters. The lowest BCUT2D eigenvalue weighted by Crippen LogP contribution is -2.39. The molecule has 6 heteroatoms. The number of aliphatic hydroxyl groups excluding tert-OH is 1. The van der Waals surface area contributed by atoms with Crippen molar-refractivity contribution in [3.05, 3.63) is 33.2 Å². The van der Waals surface area contributed by atoms with Crippen LogP contribution in [-0.2, 0) is 11.3 Å². The predicted molar refractivity (Wildman–Crippen MR) is 72.3 cm³/mol. The highest BCUT2D eigenvalue weighted by atomic mass is 79.9. The third-order valence-electron chi connectivity index (χ3n) is 2.45. The van der Waals surface area contributed by atoms with Gasteiger partial charge in [-0.1, -0.05) is 13.8 Å². The Hall–Kier alpha value is -1.14. The third-order valence-corrected chi connectivity index (χ3v) is 2.92. The number of amides is 1. The number of hydrogen-bond donors (Lipinski definition) is 2. The molecule has 0 saturated carbocycles. The monoisotopic (exact) mass is 316 g/mol. The Kier molecular flexibility index (Phi) is 5.10. The molecule has 1 rings (SSSR count). The van der Waals surface area contributed by atoms with Crippen LogP contribution < -0.4 is 10.9 Å². The number of rotatable bonds is 5. The Balaban J connectivity index is 2.60. The van der Waals surface area contributed by atoms with Crippen LogP contribution in [0.25, 0.3) is 0 Å². The van der Waals surface area contributed by atoms with Gasteiger partial charge >= 0.3 is 0 Å². The van der Waals surface area contributed by atoms with E-state index >= 15 is 0 Å². The van der Waals surface area contributed by atoms with Gasteiger partial charge in [-0.05, 0) is 22.0 Å². The van der Waals surface area contributed by atoms with E-state index in [1.807, 2.05) is 13.8 Å². The SMILES string of the molecule is CC(C)(CO)CNC(=O)Cn1cc(Br)ccc1=O. The van der Waals surface area contributed by atoms with E-state index in [4.69, 9.17) is 5.11 Å². The second-order valence-corrected chi connectivity index (χ2v) is 5.83. The molecule has 1 heterocycles. The maximum atomic E-state index is 11.7. The molecule has 0 radical (unpaired) electrons. The van der Waals surface area contributed by atoms with E-state index in [1.54, 1.807) is 12.3 Å². The molecule has 0 spiro atoms. The van der Waals surface area contributed by atoms with Crippen molar-refractivity contribution in [1.29, 1.82) is 0 Å². The van der Waals surface area contributed by atoms with E-state index in [0.717, 1.165) is 4.47 Å². The zero-order valence-electron chi connectivity index (χ0n) is 10.4. The molecule has 0 fully saturated rings. The standard InChI is InChI=1S/C12H17BrN2O3/c1-12(2,8-16)7-14-10(17)6-15-5-9(13)3-4-11(15)18/h3-5,16H,6-8H2,1-2H3,(H,14,17). The number of carbonyl (C=O) groups excluding carboxylic acids is 1. The number of aliphatic hydroxyl groups is 1. The number of halogens is 1. The summed E-state index contributed by atoms with van der Waals surface area (Å²) in [4.78, 5) is 23.2. The maximum Gasteiger partial charge on any atom is 0.251 e. The zero-order chi connectivity index (χ0) is 13.8. The van der Waals surface area contributed by atoms with Gasteiger partial charge in [0, 0.05) is 35.3 Å². The van der Waals surface area contributed by atoms with E-state index in [1.165, 1.54) is 10.6 Å². The summed E-state index contributed by atoms with van der Waals surface area (Å²) in [5, 5.41) is 11.8. The number of hydrogen-bond acceptors (Lipinski definition) is 3. The van der Waals surface area contributed by atoms with Crippen molar-refractivity contribution in [1.82, 2.24) is 9.88 Å². The van der Waals surface area contributed by atoms with Gasteiger partial charge in [0.2, 0.25) is 5.91 Å². The maximum absolute atomic E-state index is 11.7. The average molecular weight is 317 g/mol. The van der Waals surface area contributed by atoms with E-state index < -0.39 is 0 Å². The second kappa shape index (κ2) is 6.15. The van der Waals surface area contributed by atoms with Crippen LogP contribution in [-0.4, -0.2) is 28.7 Å². The smallest absolute Gasteiger partial charge is 0.251 e. The molecule has 2 N–H and O–H groups in total. The summed E-state index contributed by atoms with van der Waals surface area (Å²) in [5.74, 6) is -0.253. The summed E-state index contributed by atoms with van der Waals surface area (Å²) < 4.78 is 2.07. The Labute approximate surface area is 114 Å². The first-order valence-corrected chi connectivity index (χ1v) is 6.37. The molecular formula is C12H17BrN2O3. The normalized spacial score (nSPS) is 11.3. The highest BCUT2D eigenvalue weighted by Gasteiger charge is 2.17. The molecule has 1 aromatic rings. The van der Waals surface area contributed by atoms with Gasteiger partial charge in [0.25, 0.3) is 5.56 Å². The van der Waals surface area contributed by atoms with E-state index in [2.05, 4.69) is 21.2 Å². The molecule has 0 saturated heterocycles. The molecule has 1 aromatic heterocycles. The number of pyridine rings is 1. The van der Waals surface area contributed by atoms with E-state index in [9.17, 15) is 9.59 Å². The molecule has 0 aliphatic heterocycles. The van der Waals surface area contributed by atoms with E-state index in [-0.39, 0.29) is 30.0 Å². The minimum Gasteiger partial charge on any atom is -0.396 e. The summed E-state index contributed by atoms with van der Waals surface area (Å²) in [5.41, 5.74) is -0.590. The van der Waals surface area contributed by atoms with Crippen molar-refractivity contribution in [3.8, 4) is 0 Å². The Morgan fingerprint density at radius 3 is 2.78 bits per heavy atom. The van der Waals surface area contributed by atoms with Gasteiger partial charge < -0.3 is 15.0 Å². The lowest BCUT2D eigenvalue weighted by atomic mass is 9.95. The van der Waals surface area contributed by atoms with Crippen molar-refractivity contribution in [2.75, 3.05) is 13.2 Å². The highest BCUT2D eigenvalue weighted by molar-refractivity contribution is 9.10. The van der Waals surface area contributed by atoms with Crippen molar-refractivity contribution in [2.24, 2.45) is 5.41 Å². The average Bonchev–Trinajstić information content (AvgIpc) is 2.31. The molecule has 18 heavy (non-hydrogen) atoms. The Morgan fingerprint density at radius 1 is 1.50 bits per heavy atom. The Bertz CT molecular complexity index is 482. The van der Waals surface area contributed by atoms with Crippen LogP contribution in [0.3, 0.4) is 0 Å². The van der Waals surface area contributed by atoms with Crippen LogP contribution >= 0.6 is 15.9 Å². The van der Waals surface area contributed by atoms with Crippen LogP contribution in [0.4, 0.5) is 0 Å². The molecule has 5 nitrogen and oxygen atoms in total. The first-order chi connectivity index (χ1) is 8.34. The topological polar surface area (TPSA) is 71.3 Å². The largest absolute Gasteiger partial charge is 0.396 e. The second-order valence-electron chi connectivity index (χ2n) is 4.91. The van der Waals surface area contributed by atoms with Gasteiger partial charge in [0.15, 0.2) is 0 Å². The fourth-order valence-electron chi connectivity index (χ4n) is 1.23. The third kappa shape index (κ3) is 4.62. The van der Waals surface area contributed by atoms with Crippen LogP contribution in [0, 0.1) is 5.41 Å². The minimum atomic E-state index is -0.363. The van der Waals surface area contributed by atoms with Crippen LogP contribution in [0.2, 0.25) is 0 Å². The summed E-state index contributed by atoms with van der Waals surface area (Å²) in [6.45, 7) is 4.02. The van der Waals surface area contributed by atoms with E-state index in [0.29, 0.717) is 6.54 Å². The summed E-state index contributed by atoms with van der Waals surface area (Å²) in [6, 6.07) is 3.03.